The first-order valence-corrected chi connectivity index (χ1v) is 5.51. The first-order valence-electron chi connectivity index (χ1n) is 4.63. The Bertz CT molecular complexity index is 353. The van der Waals surface area contributed by atoms with Crippen LogP contribution in [0, 0.1) is 0 Å². The number of ether oxygens (including phenoxy) is 1. The molecule has 0 aromatic carbocycles. The summed E-state index contributed by atoms with van der Waals surface area (Å²) < 4.78 is 4.83. The van der Waals surface area contributed by atoms with Crippen molar-refractivity contribution in [3.63, 3.8) is 0 Å². The van der Waals surface area contributed by atoms with Gasteiger partial charge in [-0.3, -0.25) is 14.9 Å². The highest BCUT2D eigenvalue weighted by Crippen LogP contribution is 2.09. The summed E-state index contributed by atoms with van der Waals surface area (Å²) in [5.74, 6) is -1.42. The van der Waals surface area contributed by atoms with E-state index in [-0.39, 0.29) is 6.04 Å². The molecule has 1 aromatic heterocycles. The molecule has 0 saturated carbocycles. The van der Waals surface area contributed by atoms with Gasteiger partial charge in [0.1, 0.15) is 0 Å². The van der Waals surface area contributed by atoms with Gasteiger partial charge in [-0.2, -0.15) is 0 Å². The summed E-state index contributed by atoms with van der Waals surface area (Å²) in [7, 11) is 1.53. The Morgan fingerprint density at radius 1 is 1.56 bits per heavy atom. The summed E-state index contributed by atoms with van der Waals surface area (Å²) in [6.45, 7) is 2.11. The van der Waals surface area contributed by atoms with Crippen LogP contribution in [0.4, 0.5) is 5.13 Å². The molecule has 88 valence electrons. The third-order valence-corrected chi connectivity index (χ3v) is 2.34. The number of hydrogen-bond acceptors (Lipinski definition) is 5. The zero-order chi connectivity index (χ0) is 12.0. The second-order valence-electron chi connectivity index (χ2n) is 3.12. The van der Waals surface area contributed by atoms with E-state index in [1.807, 2.05) is 0 Å². The second kappa shape index (κ2) is 6.19. The first kappa shape index (κ1) is 12.6. The molecule has 0 unspecified atom stereocenters. The topological polar surface area (TPSA) is 80.3 Å². The molecule has 0 radical (unpaired) electrons. The number of anilines is 1. The van der Waals surface area contributed by atoms with Gasteiger partial charge in [0.05, 0.1) is 6.61 Å². The van der Waals surface area contributed by atoms with Crippen molar-refractivity contribution in [1.29, 1.82) is 0 Å². The number of nitrogens with one attached hydrogen (secondary N) is 2. The van der Waals surface area contributed by atoms with Crippen LogP contribution in [0.5, 0.6) is 0 Å². The maximum Gasteiger partial charge on any atom is 0.315 e. The minimum atomic E-state index is -0.724. The van der Waals surface area contributed by atoms with Gasteiger partial charge in [0.25, 0.3) is 0 Å². The van der Waals surface area contributed by atoms with Crippen molar-refractivity contribution >= 4 is 28.3 Å². The van der Waals surface area contributed by atoms with E-state index in [0.29, 0.717) is 11.7 Å². The standard InChI is InChI=1S/C9H13N3O3S/c1-6(5-15-2)11-7(13)8(14)12-9-10-3-4-16-9/h3-4,6H,5H2,1-2H3,(H,11,13)(H,10,12,14)/t6-/m1/s1. The predicted molar refractivity (Wildman–Crippen MR) is 60.2 cm³/mol. The molecule has 0 aliphatic heterocycles. The van der Waals surface area contributed by atoms with Crippen LogP contribution in [0.1, 0.15) is 6.92 Å². The van der Waals surface area contributed by atoms with Gasteiger partial charge in [-0.25, -0.2) is 4.98 Å². The van der Waals surface area contributed by atoms with Crippen LogP contribution < -0.4 is 10.6 Å². The highest BCUT2D eigenvalue weighted by Gasteiger charge is 2.16. The Labute approximate surface area is 97.0 Å². The van der Waals surface area contributed by atoms with Crippen LogP contribution in [-0.2, 0) is 14.3 Å². The Hall–Kier alpha value is -1.47. The van der Waals surface area contributed by atoms with E-state index in [0.717, 1.165) is 0 Å². The lowest BCUT2D eigenvalue weighted by Gasteiger charge is -2.11. The van der Waals surface area contributed by atoms with Gasteiger partial charge < -0.3 is 10.1 Å². The minimum absolute atomic E-state index is 0.209. The lowest BCUT2D eigenvalue weighted by molar-refractivity contribution is -0.136. The minimum Gasteiger partial charge on any atom is -0.383 e. The number of rotatable bonds is 4. The average Bonchev–Trinajstić information content (AvgIpc) is 2.70. The number of carbonyl (C=O) groups is 2. The molecule has 1 aromatic rings. The summed E-state index contributed by atoms with van der Waals surface area (Å²) in [4.78, 5) is 26.5. The number of methoxy groups -OCH3 is 1. The van der Waals surface area contributed by atoms with E-state index in [2.05, 4.69) is 15.6 Å². The van der Waals surface area contributed by atoms with Crippen LogP contribution in [0.2, 0.25) is 0 Å². The van der Waals surface area contributed by atoms with E-state index < -0.39 is 11.8 Å². The van der Waals surface area contributed by atoms with Gasteiger partial charge in [0.15, 0.2) is 5.13 Å². The van der Waals surface area contributed by atoms with Crippen LogP contribution in [-0.4, -0.2) is 36.6 Å². The number of aromatic nitrogens is 1. The number of carbonyl (C=O) groups excluding carboxylic acids is 2. The Balaban J connectivity index is 2.39. The molecule has 7 heteroatoms. The maximum atomic E-state index is 11.4. The van der Waals surface area contributed by atoms with Crippen molar-refractivity contribution in [2.45, 2.75) is 13.0 Å². The highest BCUT2D eigenvalue weighted by molar-refractivity contribution is 7.13. The lowest BCUT2D eigenvalue weighted by Crippen LogP contribution is -2.42. The Kier molecular flexibility index (Phi) is 4.87. The van der Waals surface area contributed by atoms with Crippen molar-refractivity contribution in [2.24, 2.45) is 0 Å². The summed E-state index contributed by atoms with van der Waals surface area (Å²) >= 11 is 1.25. The molecule has 2 amide bonds. The molecule has 0 fully saturated rings. The Morgan fingerprint density at radius 3 is 2.88 bits per heavy atom. The molecule has 6 nitrogen and oxygen atoms in total. The van der Waals surface area contributed by atoms with Gasteiger partial charge in [-0.15, -0.1) is 11.3 Å². The van der Waals surface area contributed by atoms with Crippen molar-refractivity contribution in [2.75, 3.05) is 19.0 Å². The summed E-state index contributed by atoms with van der Waals surface area (Å²) in [5.41, 5.74) is 0. The SMILES string of the molecule is COC[C@@H](C)NC(=O)C(=O)Nc1nccs1. The summed E-state index contributed by atoms with van der Waals surface area (Å²) in [6.07, 6.45) is 1.55. The van der Waals surface area contributed by atoms with Crippen LogP contribution >= 0.6 is 11.3 Å². The summed E-state index contributed by atoms with van der Waals surface area (Å²) in [6, 6.07) is -0.209. The van der Waals surface area contributed by atoms with Crippen molar-refractivity contribution in [1.82, 2.24) is 10.3 Å². The van der Waals surface area contributed by atoms with E-state index >= 15 is 0 Å². The smallest absolute Gasteiger partial charge is 0.315 e. The van der Waals surface area contributed by atoms with E-state index in [9.17, 15) is 9.59 Å². The monoisotopic (exact) mass is 243 g/mol. The number of nitrogens with zero attached hydrogens (tertiary/aromatic N) is 1. The van der Waals surface area contributed by atoms with Gasteiger partial charge in [0, 0.05) is 24.7 Å². The third-order valence-electron chi connectivity index (χ3n) is 1.65. The summed E-state index contributed by atoms with van der Waals surface area (Å²) in [5, 5.41) is 6.99. The van der Waals surface area contributed by atoms with Gasteiger partial charge in [-0.05, 0) is 6.92 Å². The zero-order valence-electron chi connectivity index (χ0n) is 9.02. The molecule has 16 heavy (non-hydrogen) atoms. The molecule has 0 spiro atoms. The molecular weight excluding hydrogens is 230 g/mol. The van der Waals surface area contributed by atoms with Crippen molar-refractivity contribution in [3.05, 3.63) is 11.6 Å². The van der Waals surface area contributed by atoms with Crippen molar-refractivity contribution in [3.8, 4) is 0 Å². The van der Waals surface area contributed by atoms with Crippen molar-refractivity contribution < 1.29 is 14.3 Å². The van der Waals surface area contributed by atoms with E-state index in [1.165, 1.54) is 18.4 Å². The number of amides is 2. The van der Waals surface area contributed by atoms with Gasteiger partial charge in [0.2, 0.25) is 0 Å². The maximum absolute atomic E-state index is 11.4. The quantitative estimate of drug-likeness (QED) is 0.742. The fourth-order valence-electron chi connectivity index (χ4n) is 1.02. The van der Waals surface area contributed by atoms with E-state index in [4.69, 9.17) is 4.74 Å². The molecular formula is C9H13N3O3S. The Morgan fingerprint density at radius 2 is 2.31 bits per heavy atom. The molecule has 0 aliphatic carbocycles. The first-order chi connectivity index (χ1) is 7.63. The number of hydrogen-bond donors (Lipinski definition) is 2. The van der Waals surface area contributed by atoms with Crippen LogP contribution in [0.3, 0.4) is 0 Å². The second-order valence-corrected chi connectivity index (χ2v) is 4.02. The average molecular weight is 243 g/mol. The number of thiazole rings is 1. The molecule has 0 aliphatic rings. The fraction of sp³-hybridized carbons (Fsp3) is 0.444. The van der Waals surface area contributed by atoms with Crippen LogP contribution in [0.15, 0.2) is 11.6 Å². The van der Waals surface area contributed by atoms with Gasteiger partial charge in [-0.1, -0.05) is 0 Å². The lowest BCUT2D eigenvalue weighted by atomic mass is 10.3. The van der Waals surface area contributed by atoms with E-state index in [1.54, 1.807) is 18.5 Å². The largest absolute Gasteiger partial charge is 0.383 e. The predicted octanol–water partition coefficient (Wildman–Crippen LogP) is 0.233. The molecule has 1 heterocycles. The molecule has 0 saturated heterocycles. The molecule has 0 bridgehead atoms. The normalized spacial score (nSPS) is 11.9. The fourth-order valence-corrected chi connectivity index (χ4v) is 1.54. The molecule has 2 N–H and O–H groups in total. The molecule has 1 rings (SSSR count). The third kappa shape index (κ3) is 3.95. The zero-order valence-corrected chi connectivity index (χ0v) is 9.84. The van der Waals surface area contributed by atoms with Crippen LogP contribution in [0.25, 0.3) is 0 Å². The highest BCUT2D eigenvalue weighted by atomic mass is 32.1. The van der Waals surface area contributed by atoms with Gasteiger partial charge >= 0.3 is 11.8 Å². The molecule has 1 atom stereocenters.